The van der Waals surface area contributed by atoms with Crippen LogP contribution in [0.1, 0.15) is 50.9 Å². The van der Waals surface area contributed by atoms with Crippen LogP contribution in [0, 0.1) is 5.92 Å². The molecule has 1 heterocycles. The highest BCUT2D eigenvalue weighted by atomic mass is 16.7. The van der Waals surface area contributed by atoms with Crippen molar-refractivity contribution < 1.29 is 33.4 Å². The molecule has 2 N–H and O–H groups in total. The largest absolute Gasteiger partial charge is 0.513 e. The minimum absolute atomic E-state index is 0.0956. The van der Waals surface area contributed by atoms with Gasteiger partial charge >= 0.3 is 12.2 Å². The van der Waals surface area contributed by atoms with Crippen LogP contribution in [0.5, 0.6) is 5.75 Å². The molecule has 1 aliphatic rings. The summed E-state index contributed by atoms with van der Waals surface area (Å²) in [6.45, 7) is 8.65. The third kappa shape index (κ3) is 9.38. The van der Waals surface area contributed by atoms with E-state index in [1.54, 1.807) is 56.9 Å². The summed E-state index contributed by atoms with van der Waals surface area (Å²) >= 11 is 0. The van der Waals surface area contributed by atoms with Crippen molar-refractivity contribution in [1.82, 2.24) is 15.5 Å². The third-order valence-electron chi connectivity index (χ3n) is 4.85. The second-order valence-corrected chi connectivity index (χ2v) is 8.70. The summed E-state index contributed by atoms with van der Waals surface area (Å²) in [5.41, 5.74) is -0.115. The Labute approximate surface area is 193 Å². The lowest BCUT2D eigenvalue weighted by atomic mass is 9.96. The first-order valence-corrected chi connectivity index (χ1v) is 11.0. The van der Waals surface area contributed by atoms with E-state index in [1.807, 2.05) is 0 Å². The quantitative estimate of drug-likeness (QED) is 0.471. The normalized spacial score (nSPS) is 14.2. The summed E-state index contributed by atoms with van der Waals surface area (Å²) in [5.74, 6) is 0.173. The number of hydrogen-bond donors (Lipinski definition) is 2. The van der Waals surface area contributed by atoms with Crippen LogP contribution in [-0.2, 0) is 14.3 Å². The van der Waals surface area contributed by atoms with Crippen LogP contribution < -0.4 is 15.4 Å². The molecule has 1 saturated heterocycles. The summed E-state index contributed by atoms with van der Waals surface area (Å²) in [7, 11) is 0. The number of piperidine rings is 1. The van der Waals surface area contributed by atoms with Crippen molar-refractivity contribution in [1.29, 1.82) is 0 Å². The molecule has 0 atom stereocenters. The molecule has 0 aliphatic carbocycles. The predicted octanol–water partition coefficient (Wildman–Crippen LogP) is 2.72. The highest BCUT2D eigenvalue weighted by molar-refractivity contribution is 5.94. The molecule has 1 fully saturated rings. The van der Waals surface area contributed by atoms with Gasteiger partial charge in [0, 0.05) is 25.2 Å². The van der Waals surface area contributed by atoms with Crippen molar-refractivity contribution in [2.45, 2.75) is 46.1 Å². The topological polar surface area (TPSA) is 123 Å². The molecule has 0 aromatic heterocycles. The van der Waals surface area contributed by atoms with E-state index in [9.17, 15) is 19.2 Å². The van der Waals surface area contributed by atoms with Crippen LogP contribution in [0.15, 0.2) is 24.3 Å². The predicted molar refractivity (Wildman–Crippen MR) is 120 cm³/mol. The highest BCUT2D eigenvalue weighted by Crippen LogP contribution is 2.20. The molecule has 2 rings (SSSR count). The number of amides is 3. The van der Waals surface area contributed by atoms with Gasteiger partial charge in [0.05, 0.1) is 13.2 Å². The number of ether oxygens (including phenoxy) is 3. The molecule has 3 amide bonds. The van der Waals surface area contributed by atoms with Gasteiger partial charge in [0.15, 0.2) is 0 Å². The molecule has 1 aromatic carbocycles. The van der Waals surface area contributed by atoms with Gasteiger partial charge in [0.25, 0.3) is 5.91 Å². The van der Waals surface area contributed by atoms with Gasteiger partial charge in [-0.05, 0) is 70.7 Å². The average Bonchev–Trinajstić information content (AvgIpc) is 2.75. The third-order valence-corrected chi connectivity index (χ3v) is 4.85. The second-order valence-electron chi connectivity index (χ2n) is 8.70. The van der Waals surface area contributed by atoms with Crippen LogP contribution in [0.2, 0.25) is 0 Å². The zero-order valence-corrected chi connectivity index (χ0v) is 19.6. The number of benzene rings is 1. The molecule has 33 heavy (non-hydrogen) atoms. The number of rotatable bonds is 7. The van der Waals surface area contributed by atoms with Crippen molar-refractivity contribution in [3.05, 3.63) is 29.8 Å². The fourth-order valence-corrected chi connectivity index (χ4v) is 3.22. The minimum atomic E-state index is -0.786. The molecular weight excluding hydrogens is 430 g/mol. The van der Waals surface area contributed by atoms with E-state index < -0.39 is 17.8 Å². The molecule has 0 radical (unpaired) electrons. The Morgan fingerprint density at radius 3 is 2.24 bits per heavy atom. The van der Waals surface area contributed by atoms with E-state index in [4.69, 9.17) is 14.2 Å². The zero-order chi connectivity index (χ0) is 24.4. The Morgan fingerprint density at radius 2 is 1.67 bits per heavy atom. The number of hydrogen-bond acceptors (Lipinski definition) is 7. The molecule has 10 heteroatoms. The maximum absolute atomic E-state index is 12.7. The van der Waals surface area contributed by atoms with Crippen LogP contribution >= 0.6 is 0 Å². The maximum Gasteiger partial charge on any atom is 0.513 e. The first-order valence-electron chi connectivity index (χ1n) is 11.0. The summed E-state index contributed by atoms with van der Waals surface area (Å²) in [6, 6.07) is 6.33. The summed E-state index contributed by atoms with van der Waals surface area (Å²) in [5, 5.41) is 5.24. The van der Waals surface area contributed by atoms with Gasteiger partial charge in [-0.2, -0.15) is 0 Å². The molecule has 0 unspecified atom stereocenters. The van der Waals surface area contributed by atoms with Crippen molar-refractivity contribution in [3.8, 4) is 5.75 Å². The van der Waals surface area contributed by atoms with Gasteiger partial charge in [-0.3, -0.25) is 9.59 Å². The van der Waals surface area contributed by atoms with Gasteiger partial charge < -0.3 is 29.7 Å². The van der Waals surface area contributed by atoms with E-state index in [1.165, 1.54) is 0 Å². The first kappa shape index (κ1) is 26.0. The van der Waals surface area contributed by atoms with Gasteiger partial charge in [-0.1, -0.05) is 0 Å². The Hall–Kier alpha value is -3.30. The van der Waals surface area contributed by atoms with Crippen LogP contribution in [0.25, 0.3) is 0 Å². The highest BCUT2D eigenvalue weighted by Gasteiger charge is 2.24. The van der Waals surface area contributed by atoms with Gasteiger partial charge in [0.1, 0.15) is 11.4 Å². The number of nitrogens with zero attached hydrogens (tertiary/aromatic N) is 1. The molecule has 10 nitrogen and oxygen atoms in total. The van der Waals surface area contributed by atoms with Crippen LogP contribution in [0.4, 0.5) is 9.59 Å². The van der Waals surface area contributed by atoms with Crippen LogP contribution in [0.3, 0.4) is 0 Å². The van der Waals surface area contributed by atoms with Crippen molar-refractivity contribution in [3.63, 3.8) is 0 Å². The van der Waals surface area contributed by atoms with Crippen molar-refractivity contribution in [2.24, 2.45) is 5.92 Å². The van der Waals surface area contributed by atoms with E-state index in [-0.39, 0.29) is 30.9 Å². The smallest absolute Gasteiger partial charge is 0.444 e. The number of alkyl carbamates (subject to hydrolysis) is 1. The van der Waals surface area contributed by atoms with E-state index in [0.717, 1.165) is 12.8 Å². The number of nitrogens with one attached hydrogen (secondary N) is 2. The zero-order valence-electron chi connectivity index (χ0n) is 19.6. The fourth-order valence-electron chi connectivity index (χ4n) is 3.22. The average molecular weight is 464 g/mol. The maximum atomic E-state index is 12.7. The van der Waals surface area contributed by atoms with Crippen molar-refractivity contribution >= 4 is 24.1 Å². The SMILES string of the molecule is CCOC(=O)Oc1ccc(C(=O)N2CCC(CNC(=O)CNC(=O)OC(C)(C)C)CC2)cc1. The van der Waals surface area contributed by atoms with Gasteiger partial charge in [0.2, 0.25) is 5.91 Å². The molecule has 0 saturated carbocycles. The molecular formula is C23H33N3O7. The van der Waals surface area contributed by atoms with E-state index in [2.05, 4.69) is 10.6 Å². The second kappa shape index (κ2) is 12.1. The van der Waals surface area contributed by atoms with Gasteiger partial charge in [-0.25, -0.2) is 9.59 Å². The summed E-state index contributed by atoms with van der Waals surface area (Å²) < 4.78 is 14.8. The van der Waals surface area contributed by atoms with E-state index in [0.29, 0.717) is 30.9 Å². The molecule has 1 aliphatic heterocycles. The Kier molecular flexibility index (Phi) is 9.50. The summed E-state index contributed by atoms with van der Waals surface area (Å²) in [4.78, 5) is 49.4. The lowest BCUT2D eigenvalue weighted by molar-refractivity contribution is -0.120. The molecule has 0 spiro atoms. The summed E-state index contributed by atoms with van der Waals surface area (Å²) in [6.07, 6.45) is 0.0989. The monoisotopic (exact) mass is 463 g/mol. The van der Waals surface area contributed by atoms with Crippen LogP contribution in [-0.4, -0.2) is 67.3 Å². The molecule has 182 valence electrons. The molecule has 1 aromatic rings. The standard InChI is InChI=1S/C23H33N3O7/c1-5-31-22(30)32-18-8-6-17(7-9-18)20(28)26-12-10-16(11-13-26)14-24-19(27)15-25-21(29)33-23(2,3)4/h6-9,16H,5,10-15H2,1-4H3,(H,24,27)(H,25,29). The van der Waals surface area contributed by atoms with Crippen molar-refractivity contribution in [2.75, 3.05) is 32.8 Å². The number of carbonyl (C=O) groups excluding carboxylic acids is 4. The number of carbonyl (C=O) groups is 4. The first-order chi connectivity index (χ1) is 15.6. The number of likely N-dealkylation sites (tertiary alicyclic amines) is 1. The Balaban J connectivity index is 1.70. The minimum Gasteiger partial charge on any atom is -0.444 e. The fraction of sp³-hybridized carbons (Fsp3) is 0.565. The van der Waals surface area contributed by atoms with Gasteiger partial charge in [-0.15, -0.1) is 0 Å². The van der Waals surface area contributed by atoms with E-state index >= 15 is 0 Å². The lowest BCUT2D eigenvalue weighted by Crippen LogP contribution is -2.44. The Morgan fingerprint density at radius 1 is 1.03 bits per heavy atom. The molecule has 0 bridgehead atoms. The Bertz CT molecular complexity index is 825. The lowest BCUT2D eigenvalue weighted by Gasteiger charge is -2.32.